The Morgan fingerprint density at radius 3 is 3.06 bits per heavy atom. The van der Waals surface area contributed by atoms with E-state index in [0.717, 1.165) is 44.6 Å². The number of ether oxygens (including phenoxy) is 1. The molecule has 0 spiro atoms. The fourth-order valence-electron chi connectivity index (χ4n) is 2.36. The topological polar surface area (TPSA) is 38.5 Å². The molecule has 0 saturated heterocycles. The Kier molecular flexibility index (Phi) is 4.48. The molecule has 0 amide bonds. The molecule has 0 aromatic heterocycles. The number of benzene rings is 1. The van der Waals surface area contributed by atoms with Crippen LogP contribution in [0.15, 0.2) is 18.2 Å². The zero-order chi connectivity index (χ0) is 13.0. The molecule has 100 valence electrons. The van der Waals surface area contributed by atoms with Gasteiger partial charge in [0.05, 0.1) is 6.61 Å². The summed E-state index contributed by atoms with van der Waals surface area (Å²) in [6.45, 7) is 3.98. The summed E-state index contributed by atoms with van der Waals surface area (Å²) in [5, 5.41) is 0. The van der Waals surface area contributed by atoms with Crippen molar-refractivity contribution < 1.29 is 4.74 Å². The van der Waals surface area contributed by atoms with E-state index in [1.165, 1.54) is 11.3 Å². The molecule has 1 aromatic rings. The van der Waals surface area contributed by atoms with Crippen molar-refractivity contribution in [3.05, 3.63) is 23.8 Å². The lowest BCUT2D eigenvalue weighted by Crippen LogP contribution is -2.22. The Bertz CT molecular complexity index is 390. The molecule has 1 aliphatic rings. The van der Waals surface area contributed by atoms with Crippen LogP contribution in [-0.2, 0) is 6.42 Å². The maximum absolute atomic E-state index is 5.77. The first-order valence-electron chi connectivity index (χ1n) is 6.89. The van der Waals surface area contributed by atoms with Crippen molar-refractivity contribution in [1.29, 1.82) is 0 Å². The minimum Gasteiger partial charge on any atom is -0.493 e. The maximum Gasteiger partial charge on any atom is 0.122 e. The van der Waals surface area contributed by atoms with Gasteiger partial charge in [0, 0.05) is 25.3 Å². The highest BCUT2D eigenvalue weighted by molar-refractivity contribution is 5.53. The Morgan fingerprint density at radius 1 is 1.44 bits per heavy atom. The van der Waals surface area contributed by atoms with Crippen molar-refractivity contribution in [3.8, 4) is 5.75 Å². The highest BCUT2D eigenvalue weighted by atomic mass is 16.5. The molecular weight excluding hydrogens is 224 g/mol. The van der Waals surface area contributed by atoms with Crippen LogP contribution in [-0.4, -0.2) is 26.2 Å². The number of hydrogen-bond donors (Lipinski definition) is 1. The van der Waals surface area contributed by atoms with Gasteiger partial charge < -0.3 is 15.4 Å². The van der Waals surface area contributed by atoms with Crippen LogP contribution in [0, 0.1) is 0 Å². The third-order valence-electron chi connectivity index (χ3n) is 3.49. The summed E-state index contributed by atoms with van der Waals surface area (Å²) < 4.78 is 5.64. The zero-order valence-corrected chi connectivity index (χ0v) is 11.5. The van der Waals surface area contributed by atoms with Crippen molar-refractivity contribution in [2.75, 3.05) is 25.1 Å². The second-order valence-corrected chi connectivity index (χ2v) is 5.29. The van der Waals surface area contributed by atoms with E-state index >= 15 is 0 Å². The van der Waals surface area contributed by atoms with E-state index in [4.69, 9.17) is 10.5 Å². The maximum atomic E-state index is 5.77. The van der Waals surface area contributed by atoms with Gasteiger partial charge in [-0.25, -0.2) is 0 Å². The van der Waals surface area contributed by atoms with Gasteiger partial charge in [0.15, 0.2) is 0 Å². The second-order valence-electron chi connectivity index (χ2n) is 5.29. The first-order chi connectivity index (χ1) is 8.66. The molecule has 2 rings (SSSR count). The summed E-state index contributed by atoms with van der Waals surface area (Å²) in [4.78, 5) is 2.30. The van der Waals surface area contributed by atoms with E-state index in [2.05, 4.69) is 37.1 Å². The Balaban J connectivity index is 1.95. The Labute approximate surface area is 110 Å². The lowest BCUT2D eigenvalue weighted by Gasteiger charge is -2.23. The predicted octanol–water partition coefficient (Wildman–Crippen LogP) is 2.58. The molecule has 0 radical (unpaired) electrons. The van der Waals surface area contributed by atoms with Crippen LogP contribution in [0.25, 0.3) is 0 Å². The lowest BCUT2D eigenvalue weighted by molar-refractivity contribution is 0.288. The van der Waals surface area contributed by atoms with Gasteiger partial charge in [-0.05, 0) is 56.4 Å². The highest BCUT2D eigenvalue weighted by Gasteiger charge is 2.11. The first-order valence-corrected chi connectivity index (χ1v) is 6.89. The van der Waals surface area contributed by atoms with Gasteiger partial charge in [0.25, 0.3) is 0 Å². The number of nitrogens with two attached hydrogens (primary N) is 1. The third kappa shape index (κ3) is 3.39. The molecule has 18 heavy (non-hydrogen) atoms. The number of anilines is 1. The van der Waals surface area contributed by atoms with Gasteiger partial charge >= 0.3 is 0 Å². The van der Waals surface area contributed by atoms with Gasteiger partial charge in [-0.3, -0.25) is 0 Å². The summed E-state index contributed by atoms with van der Waals surface area (Å²) in [7, 11) is 2.15. The van der Waals surface area contributed by atoms with Crippen molar-refractivity contribution in [2.45, 2.75) is 38.6 Å². The van der Waals surface area contributed by atoms with E-state index in [1.54, 1.807) is 0 Å². The van der Waals surface area contributed by atoms with Crippen molar-refractivity contribution >= 4 is 5.69 Å². The van der Waals surface area contributed by atoms with Gasteiger partial charge in [0.2, 0.25) is 0 Å². The fraction of sp³-hybridized carbons (Fsp3) is 0.600. The third-order valence-corrected chi connectivity index (χ3v) is 3.49. The van der Waals surface area contributed by atoms with E-state index in [1.807, 2.05) is 0 Å². The van der Waals surface area contributed by atoms with Crippen molar-refractivity contribution in [1.82, 2.24) is 0 Å². The molecular formula is C15H24N2O. The summed E-state index contributed by atoms with van der Waals surface area (Å²) >= 11 is 0. The summed E-state index contributed by atoms with van der Waals surface area (Å²) in [5.74, 6) is 1.06. The minimum atomic E-state index is 0.301. The van der Waals surface area contributed by atoms with Crippen molar-refractivity contribution in [2.24, 2.45) is 5.73 Å². The summed E-state index contributed by atoms with van der Waals surface area (Å²) in [6.07, 6.45) is 4.49. The smallest absolute Gasteiger partial charge is 0.122 e. The van der Waals surface area contributed by atoms with Crippen LogP contribution in [0.5, 0.6) is 5.75 Å². The van der Waals surface area contributed by atoms with Crippen LogP contribution < -0.4 is 15.4 Å². The fourth-order valence-corrected chi connectivity index (χ4v) is 2.36. The van der Waals surface area contributed by atoms with Crippen molar-refractivity contribution in [3.63, 3.8) is 0 Å². The average Bonchev–Trinajstić information content (AvgIpc) is 2.37. The van der Waals surface area contributed by atoms with Crippen LogP contribution in [0.4, 0.5) is 5.69 Å². The molecule has 1 unspecified atom stereocenters. The van der Waals surface area contributed by atoms with Crippen LogP contribution in [0.2, 0.25) is 0 Å². The van der Waals surface area contributed by atoms with Gasteiger partial charge in [0.1, 0.15) is 5.75 Å². The van der Waals surface area contributed by atoms with Gasteiger partial charge in [-0.1, -0.05) is 0 Å². The highest BCUT2D eigenvalue weighted by Crippen LogP contribution is 2.28. The Morgan fingerprint density at radius 2 is 2.28 bits per heavy atom. The zero-order valence-electron chi connectivity index (χ0n) is 11.5. The normalized spacial score (nSPS) is 15.7. The van der Waals surface area contributed by atoms with Crippen LogP contribution >= 0.6 is 0 Å². The molecule has 3 heteroatoms. The molecule has 2 N–H and O–H groups in total. The standard InChI is InChI=1S/C15H24N2O/c1-12(16)5-3-9-17(2)14-7-8-15-13(11-14)6-4-10-18-15/h7-8,11-12H,3-6,9-10,16H2,1-2H3. The summed E-state index contributed by atoms with van der Waals surface area (Å²) in [6, 6.07) is 6.82. The SMILES string of the molecule is CC(N)CCCN(C)c1ccc2c(c1)CCCO2. The molecule has 3 nitrogen and oxygen atoms in total. The lowest BCUT2D eigenvalue weighted by atomic mass is 10.1. The predicted molar refractivity (Wildman–Crippen MR) is 76.4 cm³/mol. The number of nitrogens with zero attached hydrogens (tertiary/aromatic N) is 1. The second kappa shape index (κ2) is 6.10. The number of hydrogen-bond acceptors (Lipinski definition) is 3. The van der Waals surface area contributed by atoms with Crippen LogP contribution in [0.3, 0.4) is 0 Å². The molecule has 1 aromatic carbocycles. The average molecular weight is 248 g/mol. The quantitative estimate of drug-likeness (QED) is 0.870. The molecule has 0 fully saturated rings. The molecule has 0 aliphatic carbocycles. The van der Waals surface area contributed by atoms with E-state index < -0.39 is 0 Å². The summed E-state index contributed by atoms with van der Waals surface area (Å²) in [5.41, 5.74) is 8.40. The van der Waals surface area contributed by atoms with E-state index in [9.17, 15) is 0 Å². The largest absolute Gasteiger partial charge is 0.493 e. The molecule has 0 saturated carbocycles. The van der Waals surface area contributed by atoms with Gasteiger partial charge in [-0.15, -0.1) is 0 Å². The number of fused-ring (bicyclic) bond motifs is 1. The van der Waals surface area contributed by atoms with E-state index in [-0.39, 0.29) is 0 Å². The minimum absolute atomic E-state index is 0.301. The molecule has 0 bridgehead atoms. The molecule has 1 aliphatic heterocycles. The monoisotopic (exact) mass is 248 g/mol. The molecule has 1 atom stereocenters. The number of aryl methyl sites for hydroxylation is 1. The van der Waals surface area contributed by atoms with Gasteiger partial charge in [-0.2, -0.15) is 0 Å². The Hall–Kier alpha value is -1.22. The van der Waals surface area contributed by atoms with Crippen LogP contribution in [0.1, 0.15) is 31.7 Å². The van der Waals surface area contributed by atoms with E-state index in [0.29, 0.717) is 6.04 Å². The first kappa shape index (κ1) is 13.2. The number of rotatable bonds is 5. The molecule has 1 heterocycles.